The minimum atomic E-state index is 0.291. The van der Waals surface area contributed by atoms with Crippen molar-refractivity contribution in [3.63, 3.8) is 0 Å². The van der Waals surface area contributed by atoms with Crippen LogP contribution in [0.25, 0.3) is 0 Å². The summed E-state index contributed by atoms with van der Waals surface area (Å²) in [6.45, 7) is 8.81. The zero-order chi connectivity index (χ0) is 14.9. The summed E-state index contributed by atoms with van der Waals surface area (Å²) in [7, 11) is 0. The molecule has 0 aromatic heterocycles. The van der Waals surface area contributed by atoms with E-state index in [9.17, 15) is 0 Å². The summed E-state index contributed by atoms with van der Waals surface area (Å²) in [5.41, 5.74) is 3.81. The second kappa shape index (κ2) is 8.23. The second-order valence-corrected chi connectivity index (χ2v) is 5.28. The van der Waals surface area contributed by atoms with Crippen molar-refractivity contribution in [1.82, 2.24) is 5.32 Å². The Morgan fingerprint density at radius 1 is 1.00 bits per heavy atom. The van der Waals surface area contributed by atoms with E-state index in [2.05, 4.69) is 73.1 Å². The third kappa shape index (κ3) is 5.05. The molecule has 2 rings (SSSR count). The van der Waals surface area contributed by atoms with Crippen LogP contribution in [0.5, 0.6) is 0 Å². The van der Waals surface area contributed by atoms with Crippen molar-refractivity contribution in [3.8, 4) is 0 Å². The van der Waals surface area contributed by atoms with Gasteiger partial charge in [-0.3, -0.25) is 0 Å². The van der Waals surface area contributed by atoms with Crippen molar-refractivity contribution in [1.29, 1.82) is 0 Å². The average Bonchev–Trinajstić information content (AvgIpc) is 2.53. The summed E-state index contributed by atoms with van der Waals surface area (Å²) < 4.78 is 0. The molecule has 0 amide bonds. The van der Waals surface area contributed by atoms with Crippen LogP contribution in [0.3, 0.4) is 0 Å². The van der Waals surface area contributed by atoms with Crippen LogP contribution in [0.1, 0.15) is 30.0 Å². The third-order valence-electron chi connectivity index (χ3n) is 3.52. The predicted molar refractivity (Wildman–Crippen MR) is 91.0 cm³/mol. The van der Waals surface area contributed by atoms with E-state index in [1.165, 1.54) is 16.7 Å². The molecule has 108 valence electrons. The molecule has 21 heavy (non-hydrogen) atoms. The van der Waals surface area contributed by atoms with E-state index in [0.29, 0.717) is 6.04 Å². The summed E-state index contributed by atoms with van der Waals surface area (Å²) in [6, 6.07) is 21.3. The lowest BCUT2D eigenvalue weighted by Gasteiger charge is -2.20. The first-order valence-corrected chi connectivity index (χ1v) is 7.39. The van der Waals surface area contributed by atoms with Crippen LogP contribution in [0.4, 0.5) is 0 Å². The van der Waals surface area contributed by atoms with Gasteiger partial charge in [-0.05, 0) is 24.0 Å². The van der Waals surface area contributed by atoms with Crippen LogP contribution < -0.4 is 5.32 Å². The third-order valence-corrected chi connectivity index (χ3v) is 3.52. The molecule has 0 bridgehead atoms. The van der Waals surface area contributed by atoms with Crippen molar-refractivity contribution in [2.75, 3.05) is 0 Å². The minimum absolute atomic E-state index is 0.291. The van der Waals surface area contributed by atoms with E-state index in [-0.39, 0.29) is 0 Å². The van der Waals surface area contributed by atoms with Gasteiger partial charge in [0.1, 0.15) is 0 Å². The van der Waals surface area contributed by atoms with Gasteiger partial charge >= 0.3 is 0 Å². The Kier molecular flexibility index (Phi) is 5.99. The molecule has 0 saturated carbocycles. The van der Waals surface area contributed by atoms with E-state index < -0.39 is 0 Å². The lowest BCUT2D eigenvalue weighted by Crippen LogP contribution is -2.21. The van der Waals surface area contributed by atoms with Gasteiger partial charge in [-0.25, -0.2) is 0 Å². The zero-order valence-electron chi connectivity index (χ0n) is 12.5. The van der Waals surface area contributed by atoms with Crippen molar-refractivity contribution >= 4 is 0 Å². The summed E-state index contributed by atoms with van der Waals surface area (Å²) in [6.07, 6.45) is 3.72. The van der Waals surface area contributed by atoms with Crippen LogP contribution in [0, 0.1) is 0 Å². The summed E-state index contributed by atoms with van der Waals surface area (Å²) in [4.78, 5) is 0. The Hall–Kier alpha value is -2.12. The van der Waals surface area contributed by atoms with Crippen LogP contribution in [-0.4, -0.2) is 0 Å². The van der Waals surface area contributed by atoms with Gasteiger partial charge in [-0.15, -0.1) is 6.58 Å². The molecule has 0 radical (unpaired) electrons. The minimum Gasteiger partial charge on any atom is -0.306 e. The van der Waals surface area contributed by atoms with Gasteiger partial charge in [-0.1, -0.05) is 78.9 Å². The molecule has 2 aromatic rings. The van der Waals surface area contributed by atoms with E-state index in [4.69, 9.17) is 0 Å². The number of nitrogens with one attached hydrogen (secondary N) is 1. The Balaban J connectivity index is 2.05. The number of allylic oxidation sites excluding steroid dienone is 1. The first-order chi connectivity index (χ1) is 10.3. The quantitative estimate of drug-likeness (QED) is 0.666. The first-order valence-electron chi connectivity index (χ1n) is 7.39. The maximum atomic E-state index is 4.15. The number of rotatable bonds is 8. The molecule has 0 aliphatic heterocycles. The Labute approximate surface area is 128 Å². The van der Waals surface area contributed by atoms with Gasteiger partial charge in [-0.2, -0.15) is 0 Å². The highest BCUT2D eigenvalue weighted by Crippen LogP contribution is 2.22. The summed E-state index contributed by atoms with van der Waals surface area (Å²) in [5.74, 6) is 0. The monoisotopic (exact) mass is 277 g/mol. The highest BCUT2D eigenvalue weighted by atomic mass is 14.9. The van der Waals surface area contributed by atoms with Crippen LogP contribution in [-0.2, 0) is 6.54 Å². The molecule has 1 atom stereocenters. The molecule has 0 aliphatic rings. The summed E-state index contributed by atoms with van der Waals surface area (Å²) in [5, 5.41) is 3.65. The summed E-state index contributed by atoms with van der Waals surface area (Å²) >= 11 is 0. The second-order valence-electron chi connectivity index (χ2n) is 5.28. The maximum Gasteiger partial charge on any atom is 0.0360 e. The Morgan fingerprint density at radius 3 is 2.24 bits per heavy atom. The molecule has 1 nitrogen and oxygen atoms in total. The maximum absolute atomic E-state index is 4.15. The molecule has 0 aliphatic carbocycles. The number of hydrogen-bond acceptors (Lipinski definition) is 1. The van der Waals surface area contributed by atoms with Crippen LogP contribution in [0.15, 0.2) is 85.5 Å². The van der Waals surface area contributed by atoms with Crippen molar-refractivity contribution in [2.45, 2.75) is 25.4 Å². The molecule has 0 heterocycles. The molecule has 0 spiro atoms. The lowest BCUT2D eigenvalue weighted by atomic mass is 9.97. The highest BCUT2D eigenvalue weighted by Gasteiger charge is 2.11. The van der Waals surface area contributed by atoms with Gasteiger partial charge in [0, 0.05) is 12.6 Å². The van der Waals surface area contributed by atoms with Crippen LogP contribution >= 0.6 is 0 Å². The predicted octanol–water partition coefficient (Wildman–Crippen LogP) is 5.04. The molecule has 1 unspecified atom stereocenters. The largest absolute Gasteiger partial charge is 0.306 e. The van der Waals surface area contributed by atoms with Gasteiger partial charge in [0.25, 0.3) is 0 Å². The van der Waals surface area contributed by atoms with Gasteiger partial charge < -0.3 is 5.32 Å². The van der Waals surface area contributed by atoms with Gasteiger partial charge in [0.05, 0.1) is 0 Å². The Bertz CT molecular complexity index is 557. The average molecular weight is 277 g/mol. The fourth-order valence-electron chi connectivity index (χ4n) is 2.41. The van der Waals surface area contributed by atoms with Crippen LogP contribution in [0.2, 0.25) is 0 Å². The van der Waals surface area contributed by atoms with E-state index in [1.54, 1.807) is 0 Å². The SMILES string of the molecule is C=CCC(=C)CC(NCc1ccccc1)c1ccccc1. The van der Waals surface area contributed by atoms with Crippen molar-refractivity contribution in [2.24, 2.45) is 0 Å². The normalized spacial score (nSPS) is 11.8. The van der Waals surface area contributed by atoms with Crippen molar-refractivity contribution < 1.29 is 0 Å². The first kappa shape index (κ1) is 15.3. The highest BCUT2D eigenvalue weighted by molar-refractivity contribution is 5.22. The fraction of sp³-hybridized carbons (Fsp3) is 0.200. The van der Waals surface area contributed by atoms with Crippen molar-refractivity contribution in [3.05, 3.63) is 96.6 Å². The Morgan fingerprint density at radius 2 is 1.62 bits per heavy atom. The topological polar surface area (TPSA) is 12.0 Å². The van der Waals surface area contributed by atoms with Gasteiger partial charge in [0.15, 0.2) is 0 Å². The zero-order valence-corrected chi connectivity index (χ0v) is 12.5. The van der Waals surface area contributed by atoms with E-state index in [1.807, 2.05) is 12.1 Å². The standard InChI is InChI=1S/C20H23N/c1-3-10-17(2)15-20(19-13-8-5-9-14-19)21-16-18-11-6-4-7-12-18/h3-9,11-14,20-21H,1-2,10,15-16H2. The smallest absolute Gasteiger partial charge is 0.0360 e. The molecule has 2 aromatic carbocycles. The van der Waals surface area contributed by atoms with Gasteiger partial charge in [0.2, 0.25) is 0 Å². The van der Waals surface area contributed by atoms with E-state index >= 15 is 0 Å². The molecule has 0 fully saturated rings. The molecular weight excluding hydrogens is 254 g/mol. The molecule has 1 N–H and O–H groups in total. The number of benzene rings is 2. The number of hydrogen-bond donors (Lipinski definition) is 1. The molecular formula is C20H23N. The van der Waals surface area contributed by atoms with E-state index in [0.717, 1.165) is 19.4 Å². The molecule has 0 saturated heterocycles. The fourth-order valence-corrected chi connectivity index (χ4v) is 2.41. The lowest BCUT2D eigenvalue weighted by molar-refractivity contribution is 0.526. The molecule has 1 heteroatoms.